The highest BCUT2D eigenvalue weighted by atomic mass is 16.5. The van der Waals surface area contributed by atoms with E-state index in [1.807, 2.05) is 19.2 Å². The van der Waals surface area contributed by atoms with Crippen molar-refractivity contribution in [1.82, 2.24) is 10.3 Å². The Balaban J connectivity index is 1.93. The van der Waals surface area contributed by atoms with Crippen LogP contribution in [0.4, 0.5) is 0 Å². The summed E-state index contributed by atoms with van der Waals surface area (Å²) in [6.07, 6.45) is 2.94. The number of nitrogens with one attached hydrogen (secondary N) is 1. The van der Waals surface area contributed by atoms with E-state index in [-0.39, 0.29) is 6.10 Å². The molecule has 3 nitrogen and oxygen atoms in total. The van der Waals surface area contributed by atoms with Gasteiger partial charge >= 0.3 is 0 Å². The van der Waals surface area contributed by atoms with Crippen molar-refractivity contribution in [2.45, 2.75) is 39.3 Å². The van der Waals surface area contributed by atoms with Crippen LogP contribution in [-0.2, 0) is 0 Å². The fourth-order valence-corrected chi connectivity index (χ4v) is 2.90. The fourth-order valence-electron chi connectivity index (χ4n) is 2.90. The molecular formula is C18H22N2O. The Morgan fingerprint density at radius 3 is 2.81 bits per heavy atom. The number of benzene rings is 1. The third kappa shape index (κ3) is 2.93. The number of aromatic nitrogens is 1. The zero-order chi connectivity index (χ0) is 14.8. The van der Waals surface area contributed by atoms with Crippen LogP contribution in [0, 0.1) is 13.8 Å². The van der Waals surface area contributed by atoms with Crippen molar-refractivity contribution in [3.8, 4) is 5.75 Å². The first-order valence-corrected chi connectivity index (χ1v) is 7.60. The van der Waals surface area contributed by atoms with Crippen LogP contribution in [0.15, 0.2) is 36.5 Å². The van der Waals surface area contributed by atoms with Gasteiger partial charge in [0.25, 0.3) is 0 Å². The van der Waals surface area contributed by atoms with Crippen LogP contribution < -0.4 is 10.1 Å². The second-order valence-electron chi connectivity index (χ2n) is 5.73. The normalized spacial score (nSPS) is 20.7. The number of aryl methyl sites for hydroxylation is 2. The third-order valence-electron chi connectivity index (χ3n) is 4.02. The zero-order valence-corrected chi connectivity index (χ0v) is 12.9. The van der Waals surface area contributed by atoms with Gasteiger partial charge in [-0.25, -0.2) is 0 Å². The van der Waals surface area contributed by atoms with Gasteiger partial charge in [0.05, 0.1) is 0 Å². The summed E-state index contributed by atoms with van der Waals surface area (Å²) in [6, 6.07) is 10.9. The molecule has 2 heterocycles. The summed E-state index contributed by atoms with van der Waals surface area (Å²) >= 11 is 0. The average Bonchev–Trinajstić information content (AvgIpc) is 2.48. The summed E-state index contributed by atoms with van der Waals surface area (Å²) in [4.78, 5) is 4.40. The van der Waals surface area contributed by atoms with E-state index in [0.717, 1.165) is 30.0 Å². The van der Waals surface area contributed by atoms with Crippen LogP contribution >= 0.6 is 0 Å². The Morgan fingerprint density at radius 1 is 1.24 bits per heavy atom. The number of nitrogens with zero attached hydrogens (tertiary/aromatic N) is 1. The largest absolute Gasteiger partial charge is 0.485 e. The van der Waals surface area contributed by atoms with Gasteiger partial charge in [-0.3, -0.25) is 4.98 Å². The second-order valence-corrected chi connectivity index (χ2v) is 5.73. The molecule has 0 spiro atoms. The van der Waals surface area contributed by atoms with Gasteiger partial charge in [-0.05, 0) is 32.5 Å². The molecule has 1 aromatic heterocycles. The molecule has 1 N–H and O–H groups in total. The van der Waals surface area contributed by atoms with Gasteiger partial charge in [0.15, 0.2) is 0 Å². The lowest BCUT2D eigenvalue weighted by Crippen LogP contribution is -2.29. The molecule has 1 aliphatic heterocycles. The number of rotatable bonds is 3. The summed E-state index contributed by atoms with van der Waals surface area (Å²) in [6.45, 7) is 7.23. The zero-order valence-electron chi connectivity index (χ0n) is 12.9. The number of ether oxygens (including phenoxy) is 1. The topological polar surface area (TPSA) is 34.2 Å². The first kappa shape index (κ1) is 14.1. The Kier molecular flexibility index (Phi) is 3.93. The van der Waals surface area contributed by atoms with Crippen LogP contribution in [0.5, 0.6) is 5.75 Å². The van der Waals surface area contributed by atoms with Crippen molar-refractivity contribution in [1.29, 1.82) is 0 Å². The molecule has 1 aromatic carbocycles. The van der Waals surface area contributed by atoms with E-state index in [4.69, 9.17) is 4.74 Å². The summed E-state index contributed by atoms with van der Waals surface area (Å²) in [5.41, 5.74) is 4.73. The van der Waals surface area contributed by atoms with Crippen LogP contribution in [-0.4, -0.2) is 11.5 Å². The first-order chi connectivity index (χ1) is 10.2. The van der Waals surface area contributed by atoms with Gasteiger partial charge in [0.1, 0.15) is 11.9 Å². The van der Waals surface area contributed by atoms with E-state index in [2.05, 4.69) is 48.4 Å². The monoisotopic (exact) mass is 282 g/mol. The molecule has 0 saturated carbocycles. The predicted octanol–water partition coefficient (Wildman–Crippen LogP) is 3.87. The van der Waals surface area contributed by atoms with E-state index < -0.39 is 0 Å². The SMILES string of the molecule is CCNC1CC(c2ccc(C)nc2)Oc2ccc(C)cc21. The molecule has 0 saturated heterocycles. The van der Waals surface area contributed by atoms with Crippen molar-refractivity contribution in [2.75, 3.05) is 6.54 Å². The molecule has 2 unspecified atom stereocenters. The maximum Gasteiger partial charge on any atom is 0.127 e. The highest BCUT2D eigenvalue weighted by Gasteiger charge is 2.29. The van der Waals surface area contributed by atoms with Gasteiger partial charge in [-0.15, -0.1) is 0 Å². The summed E-state index contributed by atoms with van der Waals surface area (Å²) in [7, 11) is 0. The predicted molar refractivity (Wildman–Crippen MR) is 84.6 cm³/mol. The minimum Gasteiger partial charge on any atom is -0.485 e. The van der Waals surface area contributed by atoms with Crippen molar-refractivity contribution in [3.63, 3.8) is 0 Å². The second kappa shape index (κ2) is 5.86. The standard InChI is InChI=1S/C18H22N2O/c1-4-19-16-10-18(14-7-6-13(3)20-11-14)21-17-8-5-12(2)9-15(16)17/h5-9,11,16,18-19H,4,10H2,1-3H3. The van der Waals surface area contributed by atoms with Crippen LogP contribution in [0.1, 0.15) is 47.9 Å². The Labute approximate surface area is 126 Å². The van der Waals surface area contributed by atoms with Gasteiger partial charge < -0.3 is 10.1 Å². The molecule has 3 heteroatoms. The van der Waals surface area contributed by atoms with E-state index in [1.54, 1.807) is 0 Å². The molecule has 1 aliphatic rings. The number of hydrogen-bond acceptors (Lipinski definition) is 3. The van der Waals surface area contributed by atoms with E-state index >= 15 is 0 Å². The van der Waals surface area contributed by atoms with Crippen molar-refractivity contribution < 1.29 is 4.74 Å². The van der Waals surface area contributed by atoms with Crippen molar-refractivity contribution in [2.24, 2.45) is 0 Å². The maximum absolute atomic E-state index is 6.21. The molecule has 2 aromatic rings. The summed E-state index contributed by atoms with van der Waals surface area (Å²) < 4.78 is 6.21. The minimum atomic E-state index is 0.0670. The van der Waals surface area contributed by atoms with Crippen LogP contribution in [0.25, 0.3) is 0 Å². The lowest BCUT2D eigenvalue weighted by Gasteiger charge is -2.33. The highest BCUT2D eigenvalue weighted by Crippen LogP contribution is 2.40. The van der Waals surface area contributed by atoms with E-state index in [9.17, 15) is 0 Å². The lowest BCUT2D eigenvalue weighted by atomic mass is 9.92. The van der Waals surface area contributed by atoms with Crippen molar-refractivity contribution >= 4 is 0 Å². The smallest absolute Gasteiger partial charge is 0.127 e. The number of fused-ring (bicyclic) bond motifs is 1. The Bertz CT molecular complexity index is 622. The van der Waals surface area contributed by atoms with Gasteiger partial charge in [-0.1, -0.05) is 30.7 Å². The minimum absolute atomic E-state index is 0.0670. The molecule has 110 valence electrons. The lowest BCUT2D eigenvalue weighted by molar-refractivity contribution is 0.151. The molecule has 0 fully saturated rings. The first-order valence-electron chi connectivity index (χ1n) is 7.60. The van der Waals surface area contributed by atoms with E-state index in [0.29, 0.717) is 6.04 Å². The number of hydrogen-bond donors (Lipinski definition) is 1. The molecule has 0 aliphatic carbocycles. The molecule has 0 bridgehead atoms. The van der Waals surface area contributed by atoms with Gasteiger partial charge in [-0.2, -0.15) is 0 Å². The molecule has 2 atom stereocenters. The quantitative estimate of drug-likeness (QED) is 0.928. The Morgan fingerprint density at radius 2 is 2.10 bits per heavy atom. The molecular weight excluding hydrogens is 260 g/mol. The Hall–Kier alpha value is -1.87. The van der Waals surface area contributed by atoms with Crippen molar-refractivity contribution in [3.05, 3.63) is 58.9 Å². The van der Waals surface area contributed by atoms with Crippen LogP contribution in [0.2, 0.25) is 0 Å². The third-order valence-corrected chi connectivity index (χ3v) is 4.02. The summed E-state index contributed by atoms with van der Waals surface area (Å²) in [5, 5.41) is 3.58. The molecule has 0 radical (unpaired) electrons. The van der Waals surface area contributed by atoms with E-state index in [1.165, 1.54) is 11.1 Å². The van der Waals surface area contributed by atoms with Crippen LogP contribution in [0.3, 0.4) is 0 Å². The molecule has 21 heavy (non-hydrogen) atoms. The summed E-state index contributed by atoms with van der Waals surface area (Å²) in [5.74, 6) is 0.989. The molecule has 0 amide bonds. The average molecular weight is 282 g/mol. The maximum atomic E-state index is 6.21. The van der Waals surface area contributed by atoms with Gasteiger partial charge in [0.2, 0.25) is 0 Å². The number of pyridine rings is 1. The molecule has 3 rings (SSSR count). The highest BCUT2D eigenvalue weighted by molar-refractivity contribution is 5.41. The van der Waals surface area contributed by atoms with Gasteiger partial charge in [0, 0.05) is 35.5 Å². The fraction of sp³-hybridized carbons (Fsp3) is 0.389.